The summed E-state index contributed by atoms with van der Waals surface area (Å²) in [7, 11) is 0. The van der Waals surface area contributed by atoms with Gasteiger partial charge in [0.05, 0.1) is 0 Å². The number of benzene rings is 1. The Hall–Kier alpha value is -1.42. The van der Waals surface area contributed by atoms with E-state index in [1.807, 2.05) is 24.8 Å². The molecule has 1 fully saturated rings. The number of carbonyl (C=O) groups is 1. The van der Waals surface area contributed by atoms with Gasteiger partial charge in [0.25, 0.3) is 0 Å². The van der Waals surface area contributed by atoms with E-state index in [0.29, 0.717) is 6.42 Å². The monoisotopic (exact) mass is 306 g/mol. The number of hydrogen-bond donors (Lipinski definition) is 1. The molecule has 0 radical (unpaired) electrons. The van der Waals surface area contributed by atoms with Crippen molar-refractivity contribution < 1.29 is 9.18 Å². The molecule has 3 unspecified atom stereocenters. The molecule has 0 aromatic heterocycles. The molecule has 0 aliphatic carbocycles. The molecule has 1 amide bonds. The molecule has 0 saturated carbocycles. The lowest BCUT2D eigenvalue weighted by molar-refractivity contribution is -0.136. The van der Waals surface area contributed by atoms with Crippen LogP contribution in [0.4, 0.5) is 4.39 Å². The number of rotatable bonds is 5. The van der Waals surface area contributed by atoms with E-state index < -0.39 is 0 Å². The maximum Gasteiger partial charge on any atom is 0.223 e. The minimum atomic E-state index is -0.218. The highest BCUT2D eigenvalue weighted by atomic mass is 19.1. The summed E-state index contributed by atoms with van der Waals surface area (Å²) in [5.41, 5.74) is 6.98. The van der Waals surface area contributed by atoms with Crippen LogP contribution in [0.25, 0.3) is 0 Å². The Morgan fingerprint density at radius 3 is 2.86 bits per heavy atom. The van der Waals surface area contributed by atoms with Crippen molar-refractivity contribution in [3.63, 3.8) is 0 Å². The van der Waals surface area contributed by atoms with Gasteiger partial charge >= 0.3 is 0 Å². The van der Waals surface area contributed by atoms with Gasteiger partial charge in [-0.25, -0.2) is 4.39 Å². The van der Waals surface area contributed by atoms with Gasteiger partial charge in [0.1, 0.15) is 5.82 Å². The number of nitrogens with two attached hydrogens (primary N) is 1. The Morgan fingerprint density at radius 2 is 2.18 bits per heavy atom. The van der Waals surface area contributed by atoms with Crippen molar-refractivity contribution in [2.75, 3.05) is 6.54 Å². The van der Waals surface area contributed by atoms with Crippen molar-refractivity contribution in [3.05, 3.63) is 35.6 Å². The molecule has 0 spiro atoms. The Bertz CT molecular complexity index is 504. The van der Waals surface area contributed by atoms with Crippen LogP contribution in [-0.4, -0.2) is 29.4 Å². The highest BCUT2D eigenvalue weighted by Crippen LogP contribution is 2.22. The molecule has 2 N–H and O–H groups in total. The van der Waals surface area contributed by atoms with Crippen molar-refractivity contribution in [1.82, 2.24) is 4.90 Å². The minimum absolute atomic E-state index is 0.0165. The summed E-state index contributed by atoms with van der Waals surface area (Å²) in [6.45, 7) is 4.85. The summed E-state index contributed by atoms with van der Waals surface area (Å²) < 4.78 is 13.2. The Labute approximate surface area is 132 Å². The summed E-state index contributed by atoms with van der Waals surface area (Å²) >= 11 is 0. The normalized spacial score (nSPS) is 21.5. The van der Waals surface area contributed by atoms with Crippen molar-refractivity contribution in [2.45, 2.75) is 58.0 Å². The zero-order valence-electron chi connectivity index (χ0n) is 13.6. The molecule has 1 heterocycles. The topological polar surface area (TPSA) is 46.3 Å². The van der Waals surface area contributed by atoms with Crippen LogP contribution in [0.5, 0.6) is 0 Å². The number of nitrogens with zero attached hydrogens (tertiary/aromatic N) is 1. The lowest BCUT2D eigenvalue weighted by Gasteiger charge is -2.38. The number of amides is 1. The van der Waals surface area contributed by atoms with E-state index in [0.717, 1.165) is 37.8 Å². The molecule has 1 aliphatic heterocycles. The first-order valence-electron chi connectivity index (χ1n) is 8.27. The summed E-state index contributed by atoms with van der Waals surface area (Å²) in [5, 5.41) is 0. The van der Waals surface area contributed by atoms with Gasteiger partial charge in [-0.05, 0) is 56.2 Å². The summed E-state index contributed by atoms with van der Waals surface area (Å²) in [6, 6.07) is 6.81. The summed E-state index contributed by atoms with van der Waals surface area (Å²) in [6.07, 6.45) is 4.43. The average molecular weight is 306 g/mol. The largest absolute Gasteiger partial charge is 0.338 e. The molecule has 0 bridgehead atoms. The molecular weight excluding hydrogens is 279 g/mol. The third-order valence-electron chi connectivity index (χ3n) is 4.47. The third-order valence-corrected chi connectivity index (χ3v) is 4.47. The Morgan fingerprint density at radius 1 is 1.41 bits per heavy atom. The van der Waals surface area contributed by atoms with E-state index in [4.69, 9.17) is 5.73 Å². The van der Waals surface area contributed by atoms with Gasteiger partial charge in [-0.15, -0.1) is 0 Å². The van der Waals surface area contributed by atoms with Gasteiger partial charge in [-0.2, -0.15) is 0 Å². The molecule has 1 saturated heterocycles. The molecule has 2 rings (SSSR count). The second-order valence-electron chi connectivity index (χ2n) is 6.65. The second-order valence-corrected chi connectivity index (χ2v) is 6.65. The summed E-state index contributed by atoms with van der Waals surface area (Å²) in [5.74, 6) is 0.167. The molecular formula is C18H27FN2O. The standard InChI is InChI=1S/C18H27FN2O/c1-13(10-15-6-5-7-16(19)12-15)11-18(22)21-9-4-3-8-17(21)14(2)20/h5-7,12-14,17H,3-4,8-11,20H2,1-2H3. The number of hydrogen-bond acceptors (Lipinski definition) is 2. The first-order valence-corrected chi connectivity index (χ1v) is 8.27. The number of halogens is 1. The molecule has 3 atom stereocenters. The first kappa shape index (κ1) is 16.9. The highest BCUT2D eigenvalue weighted by Gasteiger charge is 2.29. The number of carbonyl (C=O) groups excluding carboxylic acids is 1. The van der Waals surface area contributed by atoms with Crippen LogP contribution in [0.15, 0.2) is 24.3 Å². The zero-order valence-corrected chi connectivity index (χ0v) is 13.6. The predicted molar refractivity (Wildman–Crippen MR) is 86.9 cm³/mol. The van der Waals surface area contributed by atoms with Crippen LogP contribution >= 0.6 is 0 Å². The Balaban J connectivity index is 1.92. The molecule has 3 nitrogen and oxygen atoms in total. The minimum Gasteiger partial charge on any atom is -0.338 e. The molecule has 1 aromatic rings. The zero-order chi connectivity index (χ0) is 16.1. The van der Waals surface area contributed by atoms with Gasteiger partial charge in [0, 0.05) is 25.0 Å². The van der Waals surface area contributed by atoms with E-state index in [2.05, 4.69) is 0 Å². The van der Waals surface area contributed by atoms with Crippen LogP contribution in [0.3, 0.4) is 0 Å². The fraction of sp³-hybridized carbons (Fsp3) is 0.611. The fourth-order valence-corrected chi connectivity index (χ4v) is 3.37. The van der Waals surface area contributed by atoms with Crippen LogP contribution in [0, 0.1) is 11.7 Å². The maximum atomic E-state index is 13.2. The highest BCUT2D eigenvalue weighted by molar-refractivity contribution is 5.77. The van der Waals surface area contributed by atoms with Gasteiger partial charge < -0.3 is 10.6 Å². The van der Waals surface area contributed by atoms with E-state index in [1.165, 1.54) is 6.07 Å². The van der Waals surface area contributed by atoms with E-state index in [1.54, 1.807) is 12.1 Å². The van der Waals surface area contributed by atoms with E-state index in [9.17, 15) is 9.18 Å². The van der Waals surface area contributed by atoms with Crippen LogP contribution in [-0.2, 0) is 11.2 Å². The van der Waals surface area contributed by atoms with Crippen molar-refractivity contribution in [1.29, 1.82) is 0 Å². The number of likely N-dealkylation sites (tertiary alicyclic amines) is 1. The molecule has 4 heteroatoms. The van der Waals surface area contributed by atoms with Crippen LogP contribution < -0.4 is 5.73 Å². The van der Waals surface area contributed by atoms with Gasteiger partial charge in [0.2, 0.25) is 5.91 Å². The van der Waals surface area contributed by atoms with Gasteiger partial charge in [0.15, 0.2) is 0 Å². The van der Waals surface area contributed by atoms with Crippen LogP contribution in [0.2, 0.25) is 0 Å². The van der Waals surface area contributed by atoms with E-state index >= 15 is 0 Å². The lowest BCUT2D eigenvalue weighted by atomic mass is 9.93. The molecule has 22 heavy (non-hydrogen) atoms. The average Bonchev–Trinajstić information content (AvgIpc) is 2.47. The smallest absolute Gasteiger partial charge is 0.223 e. The second kappa shape index (κ2) is 7.73. The van der Waals surface area contributed by atoms with Crippen molar-refractivity contribution >= 4 is 5.91 Å². The quantitative estimate of drug-likeness (QED) is 0.908. The van der Waals surface area contributed by atoms with Gasteiger partial charge in [-0.1, -0.05) is 19.1 Å². The van der Waals surface area contributed by atoms with Crippen molar-refractivity contribution in [3.8, 4) is 0 Å². The lowest BCUT2D eigenvalue weighted by Crippen LogP contribution is -2.52. The predicted octanol–water partition coefficient (Wildman–Crippen LogP) is 3.12. The Kier molecular flexibility index (Phi) is 5.95. The first-order chi connectivity index (χ1) is 10.5. The van der Waals surface area contributed by atoms with Crippen molar-refractivity contribution in [2.24, 2.45) is 11.7 Å². The SMILES string of the molecule is CC(CC(=O)N1CCCCC1C(C)N)Cc1cccc(F)c1. The molecule has 1 aromatic carbocycles. The summed E-state index contributed by atoms with van der Waals surface area (Å²) in [4.78, 5) is 14.5. The molecule has 122 valence electrons. The van der Waals surface area contributed by atoms with Crippen LogP contribution in [0.1, 0.15) is 45.1 Å². The molecule has 1 aliphatic rings. The maximum absolute atomic E-state index is 13.2. The number of piperidine rings is 1. The van der Waals surface area contributed by atoms with E-state index in [-0.39, 0.29) is 29.7 Å². The fourth-order valence-electron chi connectivity index (χ4n) is 3.37. The third kappa shape index (κ3) is 4.54. The van der Waals surface area contributed by atoms with Gasteiger partial charge in [-0.3, -0.25) is 4.79 Å².